The zero-order chi connectivity index (χ0) is 18.4. The molecule has 1 aromatic heterocycles. The first-order valence-electron chi connectivity index (χ1n) is 8.22. The van der Waals surface area contributed by atoms with Gasteiger partial charge in [0.25, 0.3) is 5.91 Å². The highest BCUT2D eigenvalue weighted by atomic mass is 16.5. The van der Waals surface area contributed by atoms with E-state index in [0.717, 1.165) is 17.7 Å². The largest absolute Gasteiger partial charge is 0.619 e. The van der Waals surface area contributed by atoms with Crippen molar-refractivity contribution >= 4 is 17.6 Å². The fourth-order valence-electron chi connectivity index (χ4n) is 2.33. The van der Waals surface area contributed by atoms with Gasteiger partial charge in [0.15, 0.2) is 18.5 Å². The van der Waals surface area contributed by atoms with Gasteiger partial charge in [-0.25, -0.2) is 4.79 Å². The number of benzene rings is 1. The Morgan fingerprint density at radius 1 is 1.16 bits per heavy atom. The SMILES string of the molecule is CC[C@@H](C)c1ccccc1NC(=O)[C@@H](C)OC(=O)c1cc[n+]([O-])cc1. The lowest BCUT2D eigenvalue weighted by molar-refractivity contribution is -0.605. The van der Waals surface area contributed by atoms with E-state index in [4.69, 9.17) is 4.74 Å². The van der Waals surface area contributed by atoms with Crippen LogP contribution >= 0.6 is 0 Å². The molecule has 0 bridgehead atoms. The predicted octanol–water partition coefficient (Wildman–Crippen LogP) is 3.02. The number of pyridine rings is 1. The van der Waals surface area contributed by atoms with Crippen LogP contribution in [0.4, 0.5) is 5.69 Å². The second-order valence-corrected chi connectivity index (χ2v) is 5.88. The average molecular weight is 342 g/mol. The first kappa shape index (κ1) is 18.4. The number of esters is 1. The summed E-state index contributed by atoms with van der Waals surface area (Å²) in [6.45, 7) is 5.68. The minimum absolute atomic E-state index is 0.215. The smallest absolute Gasteiger partial charge is 0.339 e. The van der Waals surface area contributed by atoms with Gasteiger partial charge in [0, 0.05) is 17.8 Å². The second kappa shape index (κ2) is 8.28. The predicted molar refractivity (Wildman–Crippen MR) is 94.1 cm³/mol. The van der Waals surface area contributed by atoms with Crippen molar-refractivity contribution in [3.63, 3.8) is 0 Å². The monoisotopic (exact) mass is 342 g/mol. The highest BCUT2D eigenvalue weighted by Gasteiger charge is 2.21. The zero-order valence-corrected chi connectivity index (χ0v) is 14.6. The van der Waals surface area contributed by atoms with Crippen LogP contribution in [0.5, 0.6) is 0 Å². The number of hydrogen-bond donors (Lipinski definition) is 1. The topological polar surface area (TPSA) is 82.3 Å². The van der Waals surface area contributed by atoms with Crippen molar-refractivity contribution in [2.24, 2.45) is 0 Å². The van der Waals surface area contributed by atoms with E-state index in [2.05, 4.69) is 19.2 Å². The van der Waals surface area contributed by atoms with Crippen LogP contribution in [0.3, 0.4) is 0 Å². The standard InChI is InChI=1S/C19H22N2O4/c1-4-13(2)16-7-5-6-8-17(16)20-18(22)14(3)25-19(23)15-9-11-21(24)12-10-15/h5-14H,4H2,1-3H3,(H,20,22)/t13-,14-/m1/s1. The van der Waals surface area contributed by atoms with Crippen molar-refractivity contribution < 1.29 is 19.1 Å². The molecule has 0 saturated heterocycles. The number of rotatable bonds is 6. The minimum atomic E-state index is -0.961. The Kier molecular flexibility index (Phi) is 6.11. The van der Waals surface area contributed by atoms with Crippen LogP contribution in [0, 0.1) is 5.21 Å². The molecule has 2 aromatic rings. The molecular weight excluding hydrogens is 320 g/mol. The molecule has 0 radical (unpaired) electrons. The zero-order valence-electron chi connectivity index (χ0n) is 14.6. The Morgan fingerprint density at radius 2 is 1.80 bits per heavy atom. The van der Waals surface area contributed by atoms with Crippen LogP contribution in [0.25, 0.3) is 0 Å². The Bertz CT molecular complexity index is 743. The maximum absolute atomic E-state index is 12.4. The van der Waals surface area contributed by atoms with Crippen molar-refractivity contribution in [1.29, 1.82) is 0 Å². The van der Waals surface area contributed by atoms with E-state index in [1.165, 1.54) is 31.5 Å². The van der Waals surface area contributed by atoms with E-state index in [-0.39, 0.29) is 5.56 Å². The van der Waals surface area contributed by atoms with Crippen LogP contribution in [0.2, 0.25) is 0 Å². The highest BCUT2D eigenvalue weighted by molar-refractivity contribution is 5.97. The van der Waals surface area contributed by atoms with Gasteiger partial charge in [0.05, 0.1) is 5.56 Å². The van der Waals surface area contributed by atoms with Crippen molar-refractivity contribution in [3.8, 4) is 0 Å². The van der Waals surface area contributed by atoms with Crippen LogP contribution in [0.15, 0.2) is 48.8 Å². The fourth-order valence-corrected chi connectivity index (χ4v) is 2.33. The average Bonchev–Trinajstić information content (AvgIpc) is 2.61. The molecule has 0 saturated carbocycles. The first-order valence-corrected chi connectivity index (χ1v) is 8.22. The summed E-state index contributed by atoms with van der Waals surface area (Å²) < 4.78 is 5.74. The van der Waals surface area contributed by atoms with E-state index >= 15 is 0 Å². The summed E-state index contributed by atoms with van der Waals surface area (Å²) in [5.74, 6) is -0.755. The fraction of sp³-hybridized carbons (Fsp3) is 0.316. The molecule has 25 heavy (non-hydrogen) atoms. The number of para-hydroxylation sites is 1. The molecule has 1 amide bonds. The third-order valence-electron chi connectivity index (χ3n) is 4.05. The molecular formula is C19H22N2O4. The third kappa shape index (κ3) is 4.79. The summed E-state index contributed by atoms with van der Waals surface area (Å²) in [6.07, 6.45) is 2.38. The van der Waals surface area contributed by atoms with Gasteiger partial charge in [-0.3, -0.25) is 4.79 Å². The number of amides is 1. The van der Waals surface area contributed by atoms with Gasteiger partial charge >= 0.3 is 5.97 Å². The van der Waals surface area contributed by atoms with Gasteiger partial charge in [-0.2, -0.15) is 4.73 Å². The summed E-state index contributed by atoms with van der Waals surface area (Å²) in [4.78, 5) is 24.4. The first-order chi connectivity index (χ1) is 11.9. The summed E-state index contributed by atoms with van der Waals surface area (Å²) in [5, 5.41) is 13.8. The Labute approximate surface area is 147 Å². The van der Waals surface area contributed by atoms with Gasteiger partial charge in [-0.1, -0.05) is 32.0 Å². The van der Waals surface area contributed by atoms with E-state index in [0.29, 0.717) is 10.6 Å². The summed E-state index contributed by atoms with van der Waals surface area (Å²) in [6, 6.07) is 10.3. The maximum atomic E-state index is 12.4. The van der Waals surface area contributed by atoms with Crippen LogP contribution < -0.4 is 10.0 Å². The van der Waals surface area contributed by atoms with E-state index in [1.807, 2.05) is 24.3 Å². The lowest BCUT2D eigenvalue weighted by Crippen LogP contribution is -2.31. The molecule has 0 aliphatic heterocycles. The number of aromatic nitrogens is 1. The van der Waals surface area contributed by atoms with Crippen LogP contribution in [-0.4, -0.2) is 18.0 Å². The quantitative estimate of drug-likeness (QED) is 0.497. The van der Waals surface area contributed by atoms with E-state index in [9.17, 15) is 14.8 Å². The highest BCUT2D eigenvalue weighted by Crippen LogP contribution is 2.26. The lowest BCUT2D eigenvalue weighted by atomic mass is 9.97. The molecule has 1 heterocycles. The molecule has 0 spiro atoms. The lowest BCUT2D eigenvalue weighted by Gasteiger charge is -2.18. The summed E-state index contributed by atoms with van der Waals surface area (Å²) in [5.41, 5.74) is 1.98. The minimum Gasteiger partial charge on any atom is -0.619 e. The van der Waals surface area contributed by atoms with Crippen molar-refractivity contribution in [3.05, 3.63) is 65.1 Å². The molecule has 2 atom stereocenters. The molecule has 0 fully saturated rings. The van der Waals surface area contributed by atoms with Crippen LogP contribution in [0.1, 0.15) is 49.0 Å². The summed E-state index contributed by atoms with van der Waals surface area (Å²) >= 11 is 0. The van der Waals surface area contributed by atoms with Gasteiger partial charge in [0.2, 0.25) is 0 Å². The number of anilines is 1. The molecule has 1 N–H and O–H groups in total. The molecule has 0 aliphatic carbocycles. The second-order valence-electron chi connectivity index (χ2n) is 5.88. The third-order valence-corrected chi connectivity index (χ3v) is 4.05. The van der Waals surface area contributed by atoms with Gasteiger partial charge in [-0.05, 0) is 30.9 Å². The van der Waals surface area contributed by atoms with Crippen molar-refractivity contribution in [1.82, 2.24) is 0 Å². The van der Waals surface area contributed by atoms with E-state index < -0.39 is 18.0 Å². The molecule has 0 unspecified atom stereocenters. The number of carbonyl (C=O) groups excluding carboxylic acids is 2. The van der Waals surface area contributed by atoms with Gasteiger partial charge < -0.3 is 15.3 Å². The maximum Gasteiger partial charge on any atom is 0.339 e. The number of carbonyl (C=O) groups is 2. The van der Waals surface area contributed by atoms with Gasteiger partial charge in [-0.15, -0.1) is 0 Å². The molecule has 6 nitrogen and oxygen atoms in total. The Balaban J connectivity index is 2.03. The molecule has 132 valence electrons. The molecule has 1 aromatic carbocycles. The van der Waals surface area contributed by atoms with E-state index in [1.54, 1.807) is 0 Å². The van der Waals surface area contributed by atoms with Crippen LogP contribution in [-0.2, 0) is 9.53 Å². The number of ether oxygens (including phenoxy) is 1. The Hall–Kier alpha value is -2.89. The molecule has 2 rings (SSSR count). The van der Waals surface area contributed by atoms with Crippen molar-refractivity contribution in [2.45, 2.75) is 39.2 Å². The number of nitrogens with zero attached hydrogens (tertiary/aromatic N) is 1. The van der Waals surface area contributed by atoms with Gasteiger partial charge in [0.1, 0.15) is 0 Å². The Morgan fingerprint density at radius 3 is 2.44 bits per heavy atom. The summed E-state index contributed by atoms with van der Waals surface area (Å²) in [7, 11) is 0. The van der Waals surface area contributed by atoms with Crippen molar-refractivity contribution in [2.75, 3.05) is 5.32 Å². The number of nitrogens with one attached hydrogen (secondary N) is 1. The number of hydrogen-bond acceptors (Lipinski definition) is 4. The molecule has 6 heteroatoms. The normalized spacial score (nSPS) is 12.9. The molecule has 0 aliphatic rings.